The van der Waals surface area contributed by atoms with Crippen LogP contribution < -0.4 is 0 Å². The van der Waals surface area contributed by atoms with E-state index in [1.165, 1.54) is 12.1 Å². The smallest absolute Gasteiger partial charge is 0.282 e. The molecule has 0 unspecified atom stereocenters. The van der Waals surface area contributed by atoms with Crippen LogP contribution in [0.4, 0.5) is 0 Å². The van der Waals surface area contributed by atoms with Gasteiger partial charge in [-0.1, -0.05) is 6.07 Å². The lowest BCUT2D eigenvalue weighted by Gasteiger charge is -1.96. The Morgan fingerprint density at radius 3 is 2.92 bits per heavy atom. The van der Waals surface area contributed by atoms with Gasteiger partial charge >= 0.3 is 0 Å². The summed E-state index contributed by atoms with van der Waals surface area (Å²) in [6.45, 7) is 0. The van der Waals surface area contributed by atoms with Crippen LogP contribution in [0, 0.1) is 5.51 Å². The molecule has 0 aliphatic rings. The number of hydrogen-bond donors (Lipinski definition) is 1. The van der Waals surface area contributed by atoms with E-state index in [0.717, 1.165) is 11.3 Å². The molecule has 1 aromatic heterocycles. The van der Waals surface area contributed by atoms with E-state index in [2.05, 4.69) is 10.5 Å². The molecule has 0 fully saturated rings. The van der Waals surface area contributed by atoms with Gasteiger partial charge in [-0.25, -0.2) is 4.98 Å². The van der Waals surface area contributed by atoms with Crippen molar-refractivity contribution in [3.8, 4) is 0 Å². The maximum absolute atomic E-state index is 10.9. The summed E-state index contributed by atoms with van der Waals surface area (Å²) in [6.07, 6.45) is 0. The topological polar surface area (TPSA) is 67.3 Å². The fourth-order valence-electron chi connectivity index (χ4n) is 1.02. The zero-order valence-electron chi connectivity index (χ0n) is 6.26. The summed E-state index contributed by atoms with van der Waals surface area (Å²) in [5, 5.41) is 0. The van der Waals surface area contributed by atoms with Gasteiger partial charge in [0.25, 0.3) is 10.1 Å². The van der Waals surface area contributed by atoms with E-state index in [9.17, 15) is 8.42 Å². The van der Waals surface area contributed by atoms with Crippen LogP contribution in [0.15, 0.2) is 23.1 Å². The number of rotatable bonds is 1. The number of aromatic nitrogens is 1. The first-order chi connectivity index (χ1) is 6.09. The first kappa shape index (κ1) is 8.61. The van der Waals surface area contributed by atoms with E-state index >= 15 is 0 Å². The Morgan fingerprint density at radius 1 is 1.46 bits per heavy atom. The van der Waals surface area contributed by atoms with Crippen LogP contribution >= 0.6 is 11.3 Å². The highest BCUT2D eigenvalue weighted by molar-refractivity contribution is 7.86. The first-order valence-electron chi connectivity index (χ1n) is 3.32. The second-order valence-corrected chi connectivity index (χ2v) is 4.57. The fraction of sp³-hybridized carbons (Fsp3) is 0. The van der Waals surface area contributed by atoms with Crippen molar-refractivity contribution < 1.29 is 13.0 Å². The SMILES string of the molecule is O=S(=O)(O)c1cccc2n[c]sc12. The monoisotopic (exact) mass is 214 g/mol. The molecule has 13 heavy (non-hydrogen) atoms. The predicted molar refractivity (Wildman–Crippen MR) is 48.3 cm³/mol. The van der Waals surface area contributed by atoms with Crippen molar-refractivity contribution in [2.75, 3.05) is 0 Å². The predicted octanol–water partition coefficient (Wildman–Crippen LogP) is 1.34. The van der Waals surface area contributed by atoms with Crippen molar-refractivity contribution in [2.45, 2.75) is 4.90 Å². The quantitative estimate of drug-likeness (QED) is 0.727. The summed E-state index contributed by atoms with van der Waals surface area (Å²) in [5.41, 5.74) is 3.09. The lowest BCUT2D eigenvalue weighted by molar-refractivity contribution is 0.484. The van der Waals surface area contributed by atoms with Crippen molar-refractivity contribution in [1.82, 2.24) is 4.98 Å². The Morgan fingerprint density at radius 2 is 2.23 bits per heavy atom. The van der Waals surface area contributed by atoms with Crippen LogP contribution in [0.5, 0.6) is 0 Å². The number of nitrogens with zero attached hydrogens (tertiary/aromatic N) is 1. The van der Waals surface area contributed by atoms with Gasteiger partial charge in [0, 0.05) is 0 Å². The fourth-order valence-corrected chi connectivity index (χ4v) is 2.67. The molecule has 6 heteroatoms. The van der Waals surface area contributed by atoms with Crippen LogP contribution in [0.2, 0.25) is 0 Å². The van der Waals surface area contributed by atoms with Crippen LogP contribution in [-0.4, -0.2) is 18.0 Å². The zero-order valence-corrected chi connectivity index (χ0v) is 7.89. The Kier molecular flexibility index (Phi) is 1.83. The minimum absolute atomic E-state index is 0.108. The molecular formula is C7H4NO3S2. The summed E-state index contributed by atoms with van der Waals surface area (Å²) in [7, 11) is -4.15. The van der Waals surface area contributed by atoms with Crippen molar-refractivity contribution in [2.24, 2.45) is 0 Å². The molecule has 0 atom stereocenters. The van der Waals surface area contributed by atoms with Crippen molar-refractivity contribution in [3.05, 3.63) is 23.7 Å². The Hall–Kier alpha value is -0.980. The molecule has 2 aromatic rings. The number of hydrogen-bond acceptors (Lipinski definition) is 4. The van der Waals surface area contributed by atoms with Gasteiger partial charge in [0.15, 0.2) is 5.51 Å². The van der Waals surface area contributed by atoms with Crippen LogP contribution in [0.1, 0.15) is 0 Å². The molecule has 2 rings (SSSR count). The van der Waals surface area contributed by atoms with Crippen molar-refractivity contribution >= 4 is 31.7 Å². The highest BCUT2D eigenvalue weighted by Gasteiger charge is 2.14. The van der Waals surface area contributed by atoms with Gasteiger partial charge in [-0.15, -0.1) is 11.3 Å². The van der Waals surface area contributed by atoms with Crippen molar-refractivity contribution in [3.63, 3.8) is 0 Å². The van der Waals surface area contributed by atoms with Crippen LogP contribution in [0.3, 0.4) is 0 Å². The van der Waals surface area contributed by atoms with E-state index in [1.54, 1.807) is 6.07 Å². The third-order valence-electron chi connectivity index (χ3n) is 1.55. The summed E-state index contributed by atoms with van der Waals surface area (Å²) >= 11 is 1.07. The van der Waals surface area contributed by atoms with Gasteiger partial charge in [-0.2, -0.15) is 8.42 Å². The third kappa shape index (κ3) is 1.43. The molecular weight excluding hydrogens is 210 g/mol. The Labute approximate surface area is 78.6 Å². The van der Waals surface area contributed by atoms with Gasteiger partial charge in [0.2, 0.25) is 0 Å². The van der Waals surface area contributed by atoms with E-state index in [4.69, 9.17) is 4.55 Å². The standard InChI is InChI=1S/C7H4NO3S2/c9-13(10,11)6-3-1-2-5-7(6)12-4-8-5/h1-3H,(H,9,10,11). The second kappa shape index (κ2) is 2.76. The molecule has 1 aromatic carbocycles. The summed E-state index contributed by atoms with van der Waals surface area (Å²) in [5.74, 6) is 0. The highest BCUT2D eigenvalue weighted by Crippen LogP contribution is 2.24. The molecule has 1 N–H and O–H groups in total. The van der Waals surface area contributed by atoms with E-state index in [-0.39, 0.29) is 4.90 Å². The lowest BCUT2D eigenvalue weighted by atomic mass is 10.3. The maximum atomic E-state index is 10.9. The Balaban J connectivity index is 2.91. The molecule has 0 spiro atoms. The Bertz CT molecular complexity index is 544. The maximum Gasteiger partial charge on any atom is 0.296 e. The molecule has 0 saturated carbocycles. The molecule has 0 bridgehead atoms. The largest absolute Gasteiger partial charge is 0.296 e. The molecule has 0 aliphatic heterocycles. The molecule has 0 saturated heterocycles. The summed E-state index contributed by atoms with van der Waals surface area (Å²) in [4.78, 5) is 3.70. The zero-order chi connectivity index (χ0) is 9.47. The van der Waals surface area contributed by atoms with Crippen LogP contribution in [-0.2, 0) is 10.1 Å². The minimum atomic E-state index is -4.15. The van der Waals surface area contributed by atoms with Gasteiger partial charge in [-0.3, -0.25) is 4.55 Å². The van der Waals surface area contributed by atoms with Crippen LogP contribution in [0.25, 0.3) is 10.2 Å². The number of thiazole rings is 1. The van der Waals surface area contributed by atoms with E-state index in [0.29, 0.717) is 10.2 Å². The molecule has 67 valence electrons. The average Bonchev–Trinajstić information content (AvgIpc) is 2.48. The van der Waals surface area contributed by atoms with E-state index < -0.39 is 10.1 Å². The first-order valence-corrected chi connectivity index (χ1v) is 5.58. The van der Waals surface area contributed by atoms with Gasteiger partial charge in [0.05, 0.1) is 10.2 Å². The highest BCUT2D eigenvalue weighted by atomic mass is 32.2. The number of fused-ring (bicyclic) bond motifs is 1. The molecule has 0 amide bonds. The molecule has 4 nitrogen and oxygen atoms in total. The average molecular weight is 214 g/mol. The van der Waals surface area contributed by atoms with Gasteiger partial charge in [0.1, 0.15) is 4.90 Å². The number of benzene rings is 1. The second-order valence-electron chi connectivity index (χ2n) is 2.38. The van der Waals surface area contributed by atoms with Crippen molar-refractivity contribution in [1.29, 1.82) is 0 Å². The minimum Gasteiger partial charge on any atom is -0.282 e. The summed E-state index contributed by atoms with van der Waals surface area (Å²) < 4.78 is 31.0. The van der Waals surface area contributed by atoms with Gasteiger partial charge in [-0.05, 0) is 12.1 Å². The van der Waals surface area contributed by atoms with Gasteiger partial charge < -0.3 is 0 Å². The van der Waals surface area contributed by atoms with E-state index in [1.807, 2.05) is 0 Å². The molecule has 0 aliphatic carbocycles. The molecule has 1 heterocycles. The third-order valence-corrected chi connectivity index (χ3v) is 3.39. The summed E-state index contributed by atoms with van der Waals surface area (Å²) in [6, 6.07) is 4.53. The normalized spacial score (nSPS) is 12.1. The lowest BCUT2D eigenvalue weighted by Crippen LogP contribution is -1.97. The molecule has 1 radical (unpaired) electrons.